The zero-order valence-corrected chi connectivity index (χ0v) is 19.4. The van der Waals surface area contributed by atoms with Crippen LogP contribution in [0.15, 0.2) is 66.9 Å². The lowest BCUT2D eigenvalue weighted by Crippen LogP contribution is -3.13. The SMILES string of the molecule is COC(=O)c1ccccc1C[NH+](Cc1cccn1Cc1ccc(C)cc1)[C@@H](C)C(C)C. The summed E-state index contributed by atoms with van der Waals surface area (Å²) in [5.41, 5.74) is 5.58. The van der Waals surface area contributed by atoms with Gasteiger partial charge >= 0.3 is 5.97 Å². The molecule has 0 aliphatic heterocycles. The van der Waals surface area contributed by atoms with Gasteiger partial charge in [-0.1, -0.05) is 61.9 Å². The van der Waals surface area contributed by atoms with E-state index in [0.717, 1.165) is 25.2 Å². The largest absolute Gasteiger partial charge is 0.465 e. The Balaban J connectivity index is 1.84. The molecular weight excluding hydrogens is 384 g/mol. The molecule has 1 unspecified atom stereocenters. The number of hydrogen-bond acceptors (Lipinski definition) is 2. The molecule has 0 bridgehead atoms. The Bertz CT molecular complexity index is 988. The number of aromatic nitrogens is 1. The molecule has 1 N–H and O–H groups in total. The predicted octanol–water partition coefficient (Wildman–Crippen LogP) is 4.26. The van der Waals surface area contributed by atoms with Gasteiger partial charge in [-0.25, -0.2) is 4.79 Å². The molecule has 2 aromatic carbocycles. The average molecular weight is 420 g/mol. The maximum atomic E-state index is 12.3. The van der Waals surface area contributed by atoms with Crippen molar-refractivity contribution < 1.29 is 14.4 Å². The van der Waals surface area contributed by atoms with E-state index in [9.17, 15) is 4.79 Å². The summed E-state index contributed by atoms with van der Waals surface area (Å²) >= 11 is 0. The number of rotatable bonds is 9. The average Bonchev–Trinajstić information content (AvgIpc) is 3.20. The highest BCUT2D eigenvalue weighted by molar-refractivity contribution is 5.90. The van der Waals surface area contributed by atoms with Crippen LogP contribution in [-0.2, 0) is 24.4 Å². The Hall–Kier alpha value is -2.85. The lowest BCUT2D eigenvalue weighted by molar-refractivity contribution is -0.954. The number of quaternary nitrogens is 1. The first-order valence-corrected chi connectivity index (χ1v) is 11.1. The predicted molar refractivity (Wildman–Crippen MR) is 125 cm³/mol. The second-order valence-corrected chi connectivity index (χ2v) is 8.81. The number of methoxy groups -OCH3 is 1. The molecule has 0 spiro atoms. The monoisotopic (exact) mass is 419 g/mol. The Labute approximate surface area is 186 Å². The first-order valence-electron chi connectivity index (χ1n) is 11.1. The fourth-order valence-corrected chi connectivity index (χ4v) is 3.97. The molecule has 0 saturated carbocycles. The van der Waals surface area contributed by atoms with Gasteiger partial charge in [0.1, 0.15) is 13.1 Å². The van der Waals surface area contributed by atoms with Gasteiger partial charge in [-0.05, 0) is 37.6 Å². The van der Waals surface area contributed by atoms with Crippen LogP contribution < -0.4 is 4.90 Å². The minimum absolute atomic E-state index is 0.269. The minimum Gasteiger partial charge on any atom is -0.465 e. The molecule has 0 radical (unpaired) electrons. The van der Waals surface area contributed by atoms with Crippen molar-refractivity contribution in [2.75, 3.05) is 7.11 Å². The summed E-state index contributed by atoms with van der Waals surface area (Å²) in [6.45, 7) is 11.5. The summed E-state index contributed by atoms with van der Waals surface area (Å²) in [5, 5.41) is 0. The Morgan fingerprint density at radius 2 is 1.68 bits per heavy atom. The maximum Gasteiger partial charge on any atom is 0.338 e. The molecule has 0 amide bonds. The third kappa shape index (κ3) is 5.86. The fourth-order valence-electron chi connectivity index (χ4n) is 3.97. The topological polar surface area (TPSA) is 35.7 Å². The van der Waals surface area contributed by atoms with Crippen molar-refractivity contribution in [3.63, 3.8) is 0 Å². The highest BCUT2D eigenvalue weighted by Crippen LogP contribution is 2.12. The second-order valence-electron chi connectivity index (χ2n) is 8.81. The molecule has 0 aliphatic rings. The third-order valence-electron chi connectivity index (χ3n) is 6.29. The van der Waals surface area contributed by atoms with Crippen LogP contribution in [0.25, 0.3) is 0 Å². The van der Waals surface area contributed by atoms with Gasteiger partial charge in [-0.15, -0.1) is 0 Å². The molecule has 1 heterocycles. The number of aryl methyl sites for hydroxylation is 1. The van der Waals surface area contributed by atoms with Gasteiger partial charge in [-0.2, -0.15) is 0 Å². The number of carbonyl (C=O) groups is 1. The van der Waals surface area contributed by atoms with Crippen molar-refractivity contribution in [2.45, 2.75) is 53.4 Å². The van der Waals surface area contributed by atoms with Gasteiger partial charge in [0.05, 0.1) is 24.4 Å². The van der Waals surface area contributed by atoms with Crippen molar-refractivity contribution in [2.24, 2.45) is 5.92 Å². The van der Waals surface area contributed by atoms with Crippen LogP contribution in [0.5, 0.6) is 0 Å². The quantitative estimate of drug-likeness (QED) is 0.526. The maximum absolute atomic E-state index is 12.3. The molecule has 164 valence electrons. The summed E-state index contributed by atoms with van der Waals surface area (Å²) in [5.74, 6) is 0.260. The summed E-state index contributed by atoms with van der Waals surface area (Å²) in [7, 11) is 1.44. The highest BCUT2D eigenvalue weighted by atomic mass is 16.5. The number of nitrogens with zero attached hydrogens (tertiary/aromatic N) is 1. The van der Waals surface area contributed by atoms with Crippen LogP contribution in [0.2, 0.25) is 0 Å². The van der Waals surface area contributed by atoms with E-state index in [2.05, 4.69) is 74.9 Å². The normalized spacial score (nSPS) is 13.2. The van der Waals surface area contributed by atoms with Gasteiger partial charge in [-0.3, -0.25) is 0 Å². The van der Waals surface area contributed by atoms with Gasteiger partial charge in [0.15, 0.2) is 0 Å². The number of hydrogen-bond donors (Lipinski definition) is 1. The van der Waals surface area contributed by atoms with Crippen LogP contribution in [0.3, 0.4) is 0 Å². The molecule has 0 saturated heterocycles. The number of carbonyl (C=O) groups excluding carboxylic acids is 1. The number of ether oxygens (including phenoxy) is 1. The fraction of sp³-hybridized carbons (Fsp3) is 0.370. The van der Waals surface area contributed by atoms with Crippen molar-refractivity contribution in [3.05, 3.63) is 94.8 Å². The summed E-state index contributed by atoms with van der Waals surface area (Å²) in [6, 6.07) is 21.3. The van der Waals surface area contributed by atoms with E-state index in [1.807, 2.05) is 24.3 Å². The lowest BCUT2D eigenvalue weighted by Gasteiger charge is -2.29. The van der Waals surface area contributed by atoms with E-state index in [4.69, 9.17) is 4.74 Å². The summed E-state index contributed by atoms with van der Waals surface area (Å²) < 4.78 is 7.35. The van der Waals surface area contributed by atoms with Crippen molar-refractivity contribution >= 4 is 5.97 Å². The summed E-state index contributed by atoms with van der Waals surface area (Å²) in [4.78, 5) is 13.7. The minimum atomic E-state index is -0.269. The van der Waals surface area contributed by atoms with Gasteiger partial charge in [0, 0.05) is 24.2 Å². The smallest absolute Gasteiger partial charge is 0.338 e. The first-order chi connectivity index (χ1) is 14.9. The van der Waals surface area contributed by atoms with Crippen LogP contribution in [-0.4, -0.2) is 23.7 Å². The molecule has 1 aromatic heterocycles. The molecule has 31 heavy (non-hydrogen) atoms. The number of benzene rings is 2. The standard InChI is InChI=1S/C27H34N2O2/c1-20(2)22(4)29(18-24-9-6-7-11-26(24)27(30)31-5)19-25-10-8-16-28(25)17-23-14-12-21(3)13-15-23/h6-16,20,22H,17-19H2,1-5H3/p+1/t22-/m0/s1. The van der Waals surface area contributed by atoms with Crippen molar-refractivity contribution in [1.29, 1.82) is 0 Å². The number of esters is 1. The second kappa shape index (κ2) is 10.5. The number of nitrogens with one attached hydrogen (secondary N) is 1. The molecular formula is C27H35N2O2+. The molecule has 4 heteroatoms. The van der Waals surface area contributed by atoms with Crippen LogP contribution >= 0.6 is 0 Å². The van der Waals surface area contributed by atoms with Crippen LogP contribution in [0.1, 0.15) is 53.5 Å². The Kier molecular flexibility index (Phi) is 7.69. The summed E-state index contributed by atoms with van der Waals surface area (Å²) in [6.07, 6.45) is 2.16. The molecule has 2 atom stereocenters. The van der Waals surface area contributed by atoms with E-state index < -0.39 is 0 Å². The van der Waals surface area contributed by atoms with Crippen LogP contribution in [0, 0.1) is 12.8 Å². The third-order valence-corrected chi connectivity index (χ3v) is 6.29. The highest BCUT2D eigenvalue weighted by Gasteiger charge is 2.25. The van der Waals surface area contributed by atoms with E-state index >= 15 is 0 Å². The van der Waals surface area contributed by atoms with Gasteiger partial charge < -0.3 is 14.2 Å². The first kappa shape index (κ1) is 22.8. The zero-order valence-electron chi connectivity index (χ0n) is 19.4. The Morgan fingerprint density at radius 1 is 0.968 bits per heavy atom. The zero-order chi connectivity index (χ0) is 22.4. The van der Waals surface area contributed by atoms with E-state index in [1.165, 1.54) is 28.8 Å². The van der Waals surface area contributed by atoms with Gasteiger partial charge in [0.2, 0.25) is 0 Å². The van der Waals surface area contributed by atoms with E-state index in [1.54, 1.807) is 0 Å². The van der Waals surface area contributed by atoms with E-state index in [0.29, 0.717) is 17.5 Å². The molecule has 3 rings (SSSR count). The van der Waals surface area contributed by atoms with Crippen molar-refractivity contribution in [3.8, 4) is 0 Å². The molecule has 3 aromatic rings. The Morgan fingerprint density at radius 3 is 2.35 bits per heavy atom. The van der Waals surface area contributed by atoms with Crippen LogP contribution in [0.4, 0.5) is 0 Å². The van der Waals surface area contributed by atoms with Gasteiger partial charge in [0.25, 0.3) is 0 Å². The molecule has 0 fully saturated rings. The lowest BCUT2D eigenvalue weighted by atomic mass is 10.0. The molecule has 4 nitrogen and oxygen atoms in total. The van der Waals surface area contributed by atoms with E-state index in [-0.39, 0.29) is 5.97 Å². The molecule has 0 aliphatic carbocycles. The van der Waals surface area contributed by atoms with Crippen molar-refractivity contribution in [1.82, 2.24) is 4.57 Å².